The third-order valence-electron chi connectivity index (χ3n) is 3.74. The van der Waals surface area contributed by atoms with E-state index in [1.807, 2.05) is 0 Å². The maximum atomic E-state index is 14.1. The second-order valence-electron chi connectivity index (χ2n) is 5.96. The van der Waals surface area contributed by atoms with Crippen LogP contribution >= 0.6 is 20.2 Å². The van der Waals surface area contributed by atoms with Gasteiger partial charge < -0.3 is 0 Å². The quantitative estimate of drug-likeness (QED) is 0.160. The minimum absolute atomic E-state index is 0.180. The summed E-state index contributed by atoms with van der Waals surface area (Å²) in [5.41, 5.74) is -0.535. The molecule has 184 valence electrons. The molecule has 0 spiro atoms. The molecule has 0 aliphatic carbocycles. The molecule has 0 aliphatic heterocycles. The number of hydrogen-bond donors (Lipinski definition) is 0. The summed E-state index contributed by atoms with van der Waals surface area (Å²) in [5, 5.41) is 3.73. The van der Waals surface area contributed by atoms with Crippen LogP contribution < -0.4 is 0 Å². The summed E-state index contributed by atoms with van der Waals surface area (Å²) in [6, 6.07) is 9.35. The molecule has 0 aliphatic rings. The predicted molar refractivity (Wildman–Crippen MR) is 102 cm³/mol. The fraction of sp³-hybridized carbons (Fsp3) is 0.250. The van der Waals surface area contributed by atoms with Crippen LogP contribution in [-0.4, -0.2) is 36.6 Å². The Morgan fingerprint density at radius 3 is 1.64 bits per heavy atom. The number of alkyl halides is 9. The van der Waals surface area contributed by atoms with E-state index in [0.29, 0.717) is 0 Å². The minimum atomic E-state index is -7.44. The maximum absolute atomic E-state index is 14.1. The average Bonchev–Trinajstić information content (AvgIpc) is 2.71. The number of rotatable bonds is 8. The second-order valence-corrected chi connectivity index (χ2v) is 12.5. The van der Waals surface area contributed by atoms with Gasteiger partial charge in [-0.05, 0) is 0 Å². The fourth-order valence-corrected chi connectivity index (χ4v) is 9.02. The topological polar surface area (TPSA) is 86.5 Å². The van der Waals surface area contributed by atoms with Crippen LogP contribution in [0, 0.1) is 17.3 Å². The molecule has 0 heterocycles. The van der Waals surface area contributed by atoms with E-state index < -0.39 is 64.2 Å². The van der Waals surface area contributed by atoms with Gasteiger partial charge in [-0.1, -0.05) is 0 Å². The SMILES string of the molecule is O=[N+]([O-])c1ccc(I(OS(=O)(=O)C(F)(F)C(F)(F)C(F)(F)C(F)(F)F)c2ccccc2)cc1. The van der Waals surface area contributed by atoms with E-state index in [1.54, 1.807) is 0 Å². The van der Waals surface area contributed by atoms with Gasteiger partial charge in [0.05, 0.1) is 0 Å². The molecule has 0 saturated heterocycles. The van der Waals surface area contributed by atoms with E-state index in [4.69, 9.17) is 0 Å². The Kier molecular flexibility index (Phi) is 7.30. The summed E-state index contributed by atoms with van der Waals surface area (Å²) >= 11 is -4.27. The van der Waals surface area contributed by atoms with Crippen molar-refractivity contribution in [1.29, 1.82) is 0 Å². The van der Waals surface area contributed by atoms with Gasteiger partial charge in [0.25, 0.3) is 0 Å². The van der Waals surface area contributed by atoms with Gasteiger partial charge in [-0.3, -0.25) is 0 Å². The van der Waals surface area contributed by atoms with Crippen LogP contribution in [0.1, 0.15) is 0 Å². The van der Waals surface area contributed by atoms with Crippen molar-refractivity contribution in [2.24, 2.45) is 0 Å². The first-order chi connectivity index (χ1) is 14.9. The Bertz CT molecular complexity index is 1110. The zero-order valence-electron chi connectivity index (χ0n) is 15.4. The van der Waals surface area contributed by atoms with Gasteiger partial charge >= 0.3 is 187 Å². The molecule has 17 heteroatoms. The van der Waals surface area contributed by atoms with E-state index in [2.05, 4.69) is 2.51 Å². The normalized spacial score (nSPS) is 14.2. The van der Waals surface area contributed by atoms with Gasteiger partial charge in [0.2, 0.25) is 0 Å². The van der Waals surface area contributed by atoms with Crippen LogP contribution in [0.3, 0.4) is 0 Å². The molecule has 0 unspecified atom stereocenters. The Balaban J connectivity index is 2.58. The Morgan fingerprint density at radius 1 is 0.758 bits per heavy atom. The van der Waals surface area contributed by atoms with Gasteiger partial charge in [0.15, 0.2) is 0 Å². The summed E-state index contributed by atoms with van der Waals surface area (Å²) in [5.74, 6) is -14.9. The third-order valence-corrected chi connectivity index (χ3v) is 11.1. The summed E-state index contributed by atoms with van der Waals surface area (Å²) in [6.45, 7) is 0. The standard InChI is InChI=1S/C16H9F9INO5S/c17-13(18,15(21,22)23)14(19,20)16(24,25)33(30,31)32-26(10-4-2-1-3-5-10)11-6-8-12(9-7-11)27(28)29/h1-9H. The molecule has 0 aromatic heterocycles. The molecule has 0 N–H and O–H groups in total. The van der Waals surface area contributed by atoms with E-state index >= 15 is 0 Å². The monoisotopic (exact) mass is 625 g/mol. The van der Waals surface area contributed by atoms with Crippen LogP contribution in [0.4, 0.5) is 45.2 Å². The van der Waals surface area contributed by atoms with Crippen molar-refractivity contribution in [3.05, 3.63) is 71.9 Å². The molecule has 0 saturated carbocycles. The predicted octanol–water partition coefficient (Wildman–Crippen LogP) is 5.83. The first-order valence-corrected chi connectivity index (χ1v) is 12.5. The molecule has 0 atom stereocenters. The summed E-state index contributed by atoms with van der Waals surface area (Å²) < 4.78 is 146. The molecule has 2 aromatic rings. The van der Waals surface area contributed by atoms with Crippen LogP contribution in [0.25, 0.3) is 0 Å². The number of nitrogens with zero attached hydrogens (tertiary/aromatic N) is 1. The fourth-order valence-electron chi connectivity index (χ4n) is 2.05. The molecule has 0 amide bonds. The molecule has 6 nitrogen and oxygen atoms in total. The number of nitro benzene ring substituents is 1. The zero-order chi connectivity index (χ0) is 25.5. The molecule has 0 bridgehead atoms. The summed E-state index contributed by atoms with van der Waals surface area (Å²) in [7, 11) is -7.11. The molecule has 0 fully saturated rings. The summed E-state index contributed by atoms with van der Waals surface area (Å²) in [4.78, 5) is 9.86. The number of halogens is 10. The molecule has 2 aromatic carbocycles. The van der Waals surface area contributed by atoms with Crippen LogP contribution in [0.2, 0.25) is 0 Å². The number of benzene rings is 2. The zero-order valence-corrected chi connectivity index (χ0v) is 18.3. The van der Waals surface area contributed by atoms with Crippen molar-refractivity contribution < 1.29 is 55.4 Å². The van der Waals surface area contributed by atoms with Crippen LogP contribution in [-0.2, 0) is 12.6 Å². The third kappa shape index (κ3) is 4.88. The van der Waals surface area contributed by atoms with Crippen molar-refractivity contribution in [2.75, 3.05) is 0 Å². The van der Waals surface area contributed by atoms with Crippen molar-refractivity contribution >= 4 is 36.0 Å². The first kappa shape index (κ1) is 27.1. The van der Waals surface area contributed by atoms with E-state index in [0.717, 1.165) is 36.4 Å². The van der Waals surface area contributed by atoms with E-state index in [-0.39, 0.29) is 7.14 Å². The Labute approximate surface area is 186 Å². The molecule has 33 heavy (non-hydrogen) atoms. The van der Waals surface area contributed by atoms with E-state index in [1.165, 1.54) is 18.2 Å². The van der Waals surface area contributed by atoms with Crippen LogP contribution in [0.5, 0.6) is 0 Å². The number of nitro groups is 1. The average molecular weight is 625 g/mol. The van der Waals surface area contributed by atoms with Gasteiger partial charge in [0.1, 0.15) is 0 Å². The molecular formula is C16H9F9INO5S. The van der Waals surface area contributed by atoms with Gasteiger partial charge in [0, 0.05) is 0 Å². The number of hydrogen-bond acceptors (Lipinski definition) is 5. The first-order valence-electron chi connectivity index (χ1n) is 8.01. The molecule has 2 rings (SSSR count). The van der Waals surface area contributed by atoms with Crippen molar-refractivity contribution in [3.63, 3.8) is 0 Å². The van der Waals surface area contributed by atoms with Crippen molar-refractivity contribution in [1.82, 2.24) is 0 Å². The van der Waals surface area contributed by atoms with Crippen molar-refractivity contribution in [2.45, 2.75) is 23.3 Å². The van der Waals surface area contributed by atoms with Crippen LogP contribution in [0.15, 0.2) is 54.6 Å². The second kappa shape index (κ2) is 8.90. The molecular weight excluding hydrogens is 616 g/mol. The van der Waals surface area contributed by atoms with Gasteiger partial charge in [-0.25, -0.2) is 0 Å². The van der Waals surface area contributed by atoms with Gasteiger partial charge in [-0.15, -0.1) is 0 Å². The number of non-ortho nitro benzene ring substituents is 1. The Morgan fingerprint density at radius 2 is 1.21 bits per heavy atom. The molecule has 0 radical (unpaired) electrons. The Hall–Kier alpha value is -2.15. The summed E-state index contributed by atoms with van der Waals surface area (Å²) in [6.07, 6.45) is -7.22. The van der Waals surface area contributed by atoms with E-state index in [9.17, 15) is 58.0 Å². The van der Waals surface area contributed by atoms with Crippen molar-refractivity contribution in [3.8, 4) is 0 Å². The van der Waals surface area contributed by atoms with Gasteiger partial charge in [-0.2, -0.15) is 0 Å².